The Labute approximate surface area is 129 Å². The fraction of sp³-hybridized carbons (Fsp3) is 0.333. The zero-order valence-corrected chi connectivity index (χ0v) is 14.4. The first-order chi connectivity index (χ1) is 10.1. The van der Waals surface area contributed by atoms with Crippen LogP contribution in [-0.4, -0.2) is 5.66 Å². The van der Waals surface area contributed by atoms with Crippen LogP contribution in [0.25, 0.3) is 0 Å². The fourth-order valence-corrected chi connectivity index (χ4v) is 3.90. The third kappa shape index (κ3) is 6.35. The molecule has 0 saturated carbocycles. The van der Waals surface area contributed by atoms with E-state index >= 15 is 0 Å². The fourth-order valence-electron chi connectivity index (χ4n) is 1.76. The van der Waals surface area contributed by atoms with Gasteiger partial charge in [-0.25, -0.2) is 8.78 Å². The van der Waals surface area contributed by atoms with E-state index in [1.54, 1.807) is 48.5 Å². The molecule has 0 amide bonds. The summed E-state index contributed by atoms with van der Waals surface area (Å²) >= 11 is 0. The highest BCUT2D eigenvalue weighted by Crippen LogP contribution is 2.49. The average Bonchev–Trinajstić information content (AvgIpc) is 2.52. The molecule has 0 aliphatic rings. The van der Waals surface area contributed by atoms with Crippen LogP contribution in [0.1, 0.15) is 34.6 Å². The number of alkyl halides is 2. The second-order valence-electron chi connectivity index (χ2n) is 3.85. The van der Waals surface area contributed by atoms with Gasteiger partial charge in [0.05, 0.1) is 0 Å². The molecule has 21 heavy (non-hydrogen) atoms. The van der Waals surface area contributed by atoms with Gasteiger partial charge >= 0.3 is 0 Å². The van der Waals surface area contributed by atoms with Gasteiger partial charge in [-0.15, -0.1) is 0 Å². The van der Waals surface area contributed by atoms with Crippen LogP contribution in [0.2, 0.25) is 0 Å². The van der Waals surface area contributed by atoms with Crippen LogP contribution in [0.5, 0.6) is 0 Å². The second-order valence-corrected chi connectivity index (χ2v) is 6.34. The van der Waals surface area contributed by atoms with Crippen LogP contribution >= 0.6 is 7.92 Å². The van der Waals surface area contributed by atoms with Crippen LogP contribution < -0.4 is 10.6 Å². The Balaban J connectivity index is 0.000000921. The topological polar surface area (TPSA) is 0 Å². The monoisotopic (exact) mass is 310 g/mol. The smallest absolute Gasteiger partial charge is 0.201 e. The Morgan fingerprint density at radius 1 is 0.667 bits per heavy atom. The molecule has 0 aliphatic heterocycles. The lowest BCUT2D eigenvalue weighted by Crippen LogP contribution is -2.23. The molecule has 0 fully saturated rings. The lowest BCUT2D eigenvalue weighted by molar-refractivity contribution is 0.123. The Bertz CT molecular complexity index is 424. The molecule has 0 N–H and O–H groups in total. The summed E-state index contributed by atoms with van der Waals surface area (Å²) < 4.78 is 27.6. The number of halogens is 2. The van der Waals surface area contributed by atoms with Crippen molar-refractivity contribution in [1.82, 2.24) is 0 Å². The zero-order chi connectivity index (χ0) is 16.3. The molecule has 0 aliphatic carbocycles. The van der Waals surface area contributed by atoms with E-state index in [-0.39, 0.29) is 0 Å². The molecular formula is C18H25F2P. The molecule has 0 spiro atoms. The van der Waals surface area contributed by atoms with Gasteiger partial charge in [-0.3, -0.25) is 0 Å². The van der Waals surface area contributed by atoms with Crippen molar-refractivity contribution >= 4 is 18.5 Å². The molecule has 2 rings (SSSR count). The van der Waals surface area contributed by atoms with Gasteiger partial charge in [-0.05, 0) is 10.6 Å². The summed E-state index contributed by atoms with van der Waals surface area (Å²) in [5.74, 6) is 0. The summed E-state index contributed by atoms with van der Waals surface area (Å²) in [6, 6.07) is 18.0. The summed E-state index contributed by atoms with van der Waals surface area (Å²) in [4.78, 5) is 0. The quantitative estimate of drug-likeness (QED) is 0.630. The van der Waals surface area contributed by atoms with Crippen LogP contribution in [0.15, 0.2) is 60.7 Å². The first kappa shape index (κ1) is 19.7. The number of rotatable bonds is 3. The molecule has 0 heterocycles. The van der Waals surface area contributed by atoms with Crippen molar-refractivity contribution in [3.05, 3.63) is 60.7 Å². The summed E-state index contributed by atoms with van der Waals surface area (Å²) in [5, 5.41) is 1.42. The summed E-state index contributed by atoms with van der Waals surface area (Å²) in [7, 11) is -1.63. The van der Waals surface area contributed by atoms with Gasteiger partial charge in [0.1, 0.15) is 0 Å². The van der Waals surface area contributed by atoms with E-state index in [4.69, 9.17) is 0 Å². The maximum Gasteiger partial charge on any atom is 0.270 e. The normalized spacial score (nSPS) is 10.1. The van der Waals surface area contributed by atoms with Crippen molar-refractivity contribution in [2.24, 2.45) is 0 Å². The van der Waals surface area contributed by atoms with E-state index in [9.17, 15) is 8.78 Å². The van der Waals surface area contributed by atoms with Crippen LogP contribution in [0, 0.1) is 0 Å². The van der Waals surface area contributed by atoms with Crippen LogP contribution in [0.4, 0.5) is 8.78 Å². The first-order valence-corrected chi connectivity index (χ1v) is 8.71. The van der Waals surface area contributed by atoms with E-state index in [0.29, 0.717) is 10.6 Å². The van der Waals surface area contributed by atoms with Gasteiger partial charge in [0.15, 0.2) is 0 Å². The van der Waals surface area contributed by atoms with Gasteiger partial charge in [-0.2, -0.15) is 0 Å². The summed E-state index contributed by atoms with van der Waals surface area (Å²) in [6.45, 7) is 9.00. The molecule has 0 radical (unpaired) electrons. The Hall–Kier alpha value is -1.27. The molecule has 0 saturated heterocycles. The zero-order valence-electron chi connectivity index (χ0n) is 13.5. The van der Waals surface area contributed by atoms with E-state index in [1.165, 1.54) is 0 Å². The Morgan fingerprint density at radius 3 is 1.19 bits per heavy atom. The largest absolute Gasteiger partial charge is 0.270 e. The molecule has 0 nitrogen and oxygen atoms in total. The van der Waals surface area contributed by atoms with Gasteiger partial charge < -0.3 is 0 Å². The molecule has 0 aromatic heterocycles. The highest BCUT2D eigenvalue weighted by atomic mass is 31.1. The van der Waals surface area contributed by atoms with Gasteiger partial charge in [0.25, 0.3) is 5.66 Å². The maximum absolute atomic E-state index is 13.8. The molecular weight excluding hydrogens is 285 g/mol. The lowest BCUT2D eigenvalue weighted by Gasteiger charge is -2.24. The van der Waals surface area contributed by atoms with Gasteiger partial charge in [0.2, 0.25) is 0 Å². The van der Waals surface area contributed by atoms with Crippen molar-refractivity contribution in [2.75, 3.05) is 0 Å². The molecule has 0 unspecified atom stereocenters. The van der Waals surface area contributed by atoms with Crippen LogP contribution in [0.3, 0.4) is 0 Å². The minimum Gasteiger partial charge on any atom is -0.201 e. The minimum atomic E-state index is -2.71. The van der Waals surface area contributed by atoms with Crippen molar-refractivity contribution in [3.8, 4) is 0 Å². The standard InChI is InChI=1S/C14H13F2P.2C2H6/c1-14(15,16)17(12-8-4-2-5-9-12)13-10-6-3-7-11-13;2*1-2/h2-11H,1H3;2*1-2H3. The van der Waals surface area contributed by atoms with Gasteiger partial charge in [-0.1, -0.05) is 88.4 Å². The molecule has 0 bridgehead atoms. The van der Waals surface area contributed by atoms with E-state index < -0.39 is 13.6 Å². The first-order valence-electron chi connectivity index (χ1n) is 7.37. The Kier molecular flexibility index (Phi) is 9.82. The second kappa shape index (κ2) is 10.5. The molecule has 3 heteroatoms. The molecule has 116 valence electrons. The van der Waals surface area contributed by atoms with Crippen molar-refractivity contribution in [2.45, 2.75) is 40.3 Å². The SMILES string of the molecule is CC.CC.CC(F)(F)P(c1ccccc1)c1ccccc1. The lowest BCUT2D eigenvalue weighted by atomic mass is 10.4. The van der Waals surface area contributed by atoms with E-state index in [0.717, 1.165) is 6.92 Å². The number of benzene rings is 2. The number of hydrogen-bond acceptors (Lipinski definition) is 0. The molecule has 0 atom stereocenters. The molecule has 2 aromatic carbocycles. The van der Waals surface area contributed by atoms with E-state index in [1.807, 2.05) is 39.8 Å². The summed E-state index contributed by atoms with van der Waals surface area (Å²) in [5.41, 5.74) is -2.71. The highest BCUT2D eigenvalue weighted by molar-refractivity contribution is 7.74. The minimum absolute atomic E-state index is 0.709. The van der Waals surface area contributed by atoms with E-state index in [2.05, 4.69) is 0 Å². The average molecular weight is 310 g/mol. The number of hydrogen-bond donors (Lipinski definition) is 0. The van der Waals surface area contributed by atoms with Crippen molar-refractivity contribution in [1.29, 1.82) is 0 Å². The molecule has 2 aromatic rings. The summed E-state index contributed by atoms with van der Waals surface area (Å²) in [6.07, 6.45) is 0. The third-order valence-corrected chi connectivity index (χ3v) is 4.84. The predicted octanol–water partition coefficient (Wildman–Crippen LogP) is 5.78. The third-order valence-electron chi connectivity index (χ3n) is 2.42. The van der Waals surface area contributed by atoms with Gasteiger partial charge in [0, 0.05) is 14.8 Å². The predicted molar refractivity (Wildman–Crippen MR) is 92.4 cm³/mol. The van der Waals surface area contributed by atoms with Crippen LogP contribution in [-0.2, 0) is 0 Å². The Morgan fingerprint density at radius 2 is 0.952 bits per heavy atom. The maximum atomic E-state index is 13.8. The highest BCUT2D eigenvalue weighted by Gasteiger charge is 2.36. The van der Waals surface area contributed by atoms with Crippen molar-refractivity contribution < 1.29 is 8.78 Å². The van der Waals surface area contributed by atoms with Crippen molar-refractivity contribution in [3.63, 3.8) is 0 Å².